The Labute approximate surface area is 221 Å². The molecular formula is C30H29N5O3. The molecule has 4 aromatic rings. The number of benzene rings is 2. The van der Waals surface area contributed by atoms with Crippen LogP contribution in [0.3, 0.4) is 0 Å². The maximum atomic E-state index is 13.7. The molecular weight excluding hydrogens is 478 g/mol. The largest absolute Gasteiger partial charge is 0.424 e. The van der Waals surface area contributed by atoms with Crippen molar-refractivity contribution < 1.29 is 14.3 Å². The molecule has 0 bridgehead atoms. The minimum Gasteiger partial charge on any atom is -0.424 e. The first-order valence-electron chi connectivity index (χ1n) is 12.9. The van der Waals surface area contributed by atoms with E-state index in [2.05, 4.69) is 46.0 Å². The first-order valence-corrected chi connectivity index (χ1v) is 12.9. The molecule has 0 unspecified atom stereocenters. The van der Waals surface area contributed by atoms with Crippen LogP contribution in [0.1, 0.15) is 44.2 Å². The third-order valence-electron chi connectivity index (χ3n) is 7.21. The van der Waals surface area contributed by atoms with Gasteiger partial charge in [0.15, 0.2) is 0 Å². The fourth-order valence-corrected chi connectivity index (χ4v) is 5.40. The number of nitrogens with zero attached hydrogens (tertiary/aromatic N) is 4. The molecule has 192 valence electrons. The quantitative estimate of drug-likeness (QED) is 0.372. The maximum absolute atomic E-state index is 13.7. The summed E-state index contributed by atoms with van der Waals surface area (Å²) in [5.74, 6) is 0.213. The molecule has 0 radical (unpaired) electrons. The van der Waals surface area contributed by atoms with E-state index >= 15 is 0 Å². The van der Waals surface area contributed by atoms with Gasteiger partial charge in [0.2, 0.25) is 5.91 Å². The Morgan fingerprint density at radius 1 is 1.13 bits per heavy atom. The summed E-state index contributed by atoms with van der Waals surface area (Å²) in [5.41, 5.74) is 5.34. The van der Waals surface area contributed by atoms with E-state index in [1.165, 1.54) is 11.8 Å². The van der Waals surface area contributed by atoms with Crippen molar-refractivity contribution >= 4 is 28.4 Å². The Bertz CT molecular complexity index is 1590. The van der Waals surface area contributed by atoms with Gasteiger partial charge in [0.25, 0.3) is 5.91 Å². The van der Waals surface area contributed by atoms with E-state index in [9.17, 15) is 9.59 Å². The number of nitrogens with one attached hydrogen (secondary N) is 1. The number of imide groups is 1. The Kier molecular flexibility index (Phi) is 5.94. The SMILES string of the molecule is CC(=O)N1CC2=C(C1=O)[C@H](c1cccc(Oc3ncccn3)c1)c1cn(CCC(C)C)c3cccc(c13)N2. The Morgan fingerprint density at radius 2 is 1.92 bits per heavy atom. The summed E-state index contributed by atoms with van der Waals surface area (Å²) in [5, 5.41) is 4.63. The predicted molar refractivity (Wildman–Crippen MR) is 145 cm³/mol. The van der Waals surface area contributed by atoms with Crippen molar-refractivity contribution in [1.82, 2.24) is 19.4 Å². The number of carbonyl (C=O) groups is 2. The van der Waals surface area contributed by atoms with Crippen LogP contribution in [-0.4, -0.2) is 37.8 Å². The number of hydrogen-bond acceptors (Lipinski definition) is 6. The van der Waals surface area contributed by atoms with Gasteiger partial charge in [-0.2, -0.15) is 0 Å². The lowest BCUT2D eigenvalue weighted by Crippen LogP contribution is -2.33. The molecule has 2 aromatic heterocycles. The van der Waals surface area contributed by atoms with Gasteiger partial charge >= 0.3 is 6.01 Å². The highest BCUT2D eigenvalue weighted by atomic mass is 16.5. The van der Waals surface area contributed by atoms with Crippen LogP contribution < -0.4 is 10.1 Å². The van der Waals surface area contributed by atoms with Crippen LogP contribution in [0.15, 0.2) is 78.4 Å². The number of aromatic nitrogens is 3. The summed E-state index contributed by atoms with van der Waals surface area (Å²) in [6.45, 7) is 6.97. The fourth-order valence-electron chi connectivity index (χ4n) is 5.40. The van der Waals surface area contributed by atoms with Crippen molar-refractivity contribution in [1.29, 1.82) is 0 Å². The van der Waals surface area contributed by atoms with Crippen molar-refractivity contribution in [3.63, 3.8) is 0 Å². The summed E-state index contributed by atoms with van der Waals surface area (Å²) in [4.78, 5) is 35.8. The molecule has 0 saturated heterocycles. The van der Waals surface area contributed by atoms with E-state index in [4.69, 9.17) is 4.74 Å². The number of amides is 2. The minimum atomic E-state index is -0.388. The zero-order chi connectivity index (χ0) is 26.4. The van der Waals surface area contributed by atoms with Crippen LogP contribution in [0.4, 0.5) is 5.69 Å². The minimum absolute atomic E-state index is 0.224. The highest BCUT2D eigenvalue weighted by molar-refractivity contribution is 6.11. The van der Waals surface area contributed by atoms with Crippen LogP contribution in [0.25, 0.3) is 10.9 Å². The number of ether oxygens (including phenoxy) is 1. The van der Waals surface area contributed by atoms with Gasteiger partial charge in [-0.3, -0.25) is 14.5 Å². The molecule has 4 heterocycles. The molecule has 8 nitrogen and oxygen atoms in total. The highest BCUT2D eigenvalue weighted by Crippen LogP contribution is 2.47. The molecule has 6 rings (SSSR count). The van der Waals surface area contributed by atoms with E-state index in [1.807, 2.05) is 36.4 Å². The number of carbonyl (C=O) groups excluding carboxylic acids is 2. The molecule has 8 heteroatoms. The second-order valence-electron chi connectivity index (χ2n) is 10.2. The molecule has 2 aromatic carbocycles. The first kappa shape index (κ1) is 23.9. The fraction of sp³-hybridized carbons (Fsp3) is 0.267. The molecule has 1 N–H and O–H groups in total. The van der Waals surface area contributed by atoms with E-state index in [0.29, 0.717) is 17.2 Å². The average molecular weight is 508 g/mol. The summed E-state index contributed by atoms with van der Waals surface area (Å²) >= 11 is 0. The second kappa shape index (κ2) is 9.45. The van der Waals surface area contributed by atoms with Gasteiger partial charge in [-0.15, -0.1) is 0 Å². The van der Waals surface area contributed by atoms with Crippen molar-refractivity contribution in [3.05, 3.63) is 89.5 Å². The van der Waals surface area contributed by atoms with Crippen LogP contribution in [0, 0.1) is 5.92 Å². The van der Waals surface area contributed by atoms with Crippen molar-refractivity contribution in [2.45, 2.75) is 39.7 Å². The van der Waals surface area contributed by atoms with E-state index in [-0.39, 0.29) is 30.3 Å². The average Bonchev–Trinajstić information content (AvgIpc) is 3.38. The lowest BCUT2D eigenvalue weighted by molar-refractivity contribution is -0.139. The smallest absolute Gasteiger partial charge is 0.321 e. The standard InChI is InChI=1S/C30H29N5O3/c1-18(2)11-14-34-16-22-26(20-7-4-8-21(15-20)38-30-31-12-6-13-32-30)28-24(17-35(19(3)36)29(28)37)33-23-9-5-10-25(34)27(22)23/h4-10,12-13,15-16,18,26,33H,11,14,17H2,1-3H3/t26-/m1/s1. The van der Waals surface area contributed by atoms with Crippen molar-refractivity contribution in [2.75, 3.05) is 11.9 Å². The number of anilines is 1. The zero-order valence-corrected chi connectivity index (χ0v) is 21.6. The highest BCUT2D eigenvalue weighted by Gasteiger charge is 2.41. The number of hydrogen-bond donors (Lipinski definition) is 1. The van der Waals surface area contributed by atoms with Crippen LogP contribution in [0.2, 0.25) is 0 Å². The Hall–Kier alpha value is -4.46. The molecule has 1 atom stereocenters. The summed E-state index contributed by atoms with van der Waals surface area (Å²) in [6.07, 6.45) is 6.47. The second-order valence-corrected chi connectivity index (χ2v) is 10.2. The van der Waals surface area contributed by atoms with Gasteiger partial charge < -0.3 is 14.6 Å². The third-order valence-corrected chi connectivity index (χ3v) is 7.21. The van der Waals surface area contributed by atoms with Crippen molar-refractivity contribution in [3.8, 4) is 11.8 Å². The van der Waals surface area contributed by atoms with E-state index < -0.39 is 0 Å². The number of aryl methyl sites for hydroxylation is 1. The molecule has 0 spiro atoms. The summed E-state index contributed by atoms with van der Waals surface area (Å²) in [7, 11) is 0. The van der Waals surface area contributed by atoms with Gasteiger partial charge in [-0.05, 0) is 53.8 Å². The molecule has 0 fully saturated rings. The van der Waals surface area contributed by atoms with Crippen LogP contribution in [-0.2, 0) is 16.1 Å². The topological polar surface area (TPSA) is 89.3 Å². The lowest BCUT2D eigenvalue weighted by Gasteiger charge is -2.20. The maximum Gasteiger partial charge on any atom is 0.321 e. The zero-order valence-electron chi connectivity index (χ0n) is 21.6. The third kappa shape index (κ3) is 4.12. The summed E-state index contributed by atoms with van der Waals surface area (Å²) < 4.78 is 8.23. The molecule has 0 aliphatic carbocycles. The number of rotatable bonds is 6. The van der Waals surface area contributed by atoms with Crippen LogP contribution >= 0.6 is 0 Å². The van der Waals surface area contributed by atoms with Crippen molar-refractivity contribution in [2.24, 2.45) is 5.92 Å². The monoisotopic (exact) mass is 507 g/mol. The lowest BCUT2D eigenvalue weighted by atomic mass is 9.84. The molecule has 38 heavy (non-hydrogen) atoms. The summed E-state index contributed by atoms with van der Waals surface area (Å²) in [6, 6.07) is 15.9. The van der Waals surface area contributed by atoms with Gasteiger partial charge in [0.05, 0.1) is 17.6 Å². The first-order chi connectivity index (χ1) is 18.4. The normalized spacial score (nSPS) is 16.6. The van der Waals surface area contributed by atoms with Gasteiger partial charge in [-0.1, -0.05) is 32.0 Å². The molecule has 0 saturated carbocycles. The molecule has 2 aliphatic rings. The predicted octanol–water partition coefficient (Wildman–Crippen LogP) is 5.47. The van der Waals surface area contributed by atoms with Gasteiger partial charge in [0.1, 0.15) is 5.75 Å². The van der Waals surface area contributed by atoms with Gasteiger partial charge in [0, 0.05) is 54.7 Å². The van der Waals surface area contributed by atoms with E-state index in [0.717, 1.165) is 46.4 Å². The molecule has 2 aliphatic heterocycles. The van der Waals surface area contributed by atoms with Crippen LogP contribution in [0.5, 0.6) is 11.8 Å². The van der Waals surface area contributed by atoms with E-state index in [1.54, 1.807) is 18.5 Å². The van der Waals surface area contributed by atoms with Gasteiger partial charge in [-0.25, -0.2) is 9.97 Å². The Balaban J connectivity index is 1.53. The molecule has 2 amide bonds. The Morgan fingerprint density at radius 3 is 2.68 bits per heavy atom.